The fraction of sp³-hybridized carbons (Fsp3) is 0.400. The molecule has 96 valence electrons. The molecule has 1 heterocycles. The molecule has 18 heavy (non-hydrogen) atoms. The summed E-state index contributed by atoms with van der Waals surface area (Å²) in [6.07, 6.45) is 5.50. The molecule has 0 spiro atoms. The molecule has 1 unspecified atom stereocenters. The summed E-state index contributed by atoms with van der Waals surface area (Å²) >= 11 is 5.98. The zero-order chi connectivity index (χ0) is 13.0. The zero-order valence-corrected chi connectivity index (χ0v) is 11.7. The molecular formula is C15H19ClN2. The molecule has 0 aliphatic carbocycles. The number of nitrogens with one attached hydrogen (secondary N) is 1. The minimum atomic E-state index is 0.478. The van der Waals surface area contributed by atoms with Crippen molar-refractivity contribution in [3.05, 3.63) is 35.5 Å². The lowest BCUT2D eigenvalue weighted by Crippen LogP contribution is -2.15. The van der Waals surface area contributed by atoms with Gasteiger partial charge in [-0.05, 0) is 37.6 Å². The van der Waals surface area contributed by atoms with E-state index in [1.54, 1.807) is 0 Å². The average molecular weight is 263 g/mol. The van der Waals surface area contributed by atoms with Crippen molar-refractivity contribution in [1.82, 2.24) is 4.98 Å². The molecule has 1 N–H and O–H groups in total. The van der Waals surface area contributed by atoms with Crippen LogP contribution in [0.15, 0.2) is 30.5 Å². The molecule has 0 bridgehead atoms. The molecule has 1 aromatic heterocycles. The minimum Gasteiger partial charge on any atom is -0.382 e. The van der Waals surface area contributed by atoms with Crippen LogP contribution in [-0.4, -0.2) is 11.0 Å². The summed E-state index contributed by atoms with van der Waals surface area (Å²) in [5, 5.41) is 5.41. The molecule has 2 aromatic rings. The van der Waals surface area contributed by atoms with E-state index in [4.69, 9.17) is 11.6 Å². The van der Waals surface area contributed by atoms with Crippen molar-refractivity contribution in [3.8, 4) is 0 Å². The van der Waals surface area contributed by atoms with E-state index in [-0.39, 0.29) is 0 Å². The first-order chi connectivity index (χ1) is 8.70. The maximum absolute atomic E-state index is 5.98. The van der Waals surface area contributed by atoms with Gasteiger partial charge in [-0.1, -0.05) is 31.4 Å². The Hall–Kier alpha value is -1.28. The number of nitrogens with zero attached hydrogens (tertiary/aromatic N) is 1. The summed E-state index contributed by atoms with van der Waals surface area (Å²) in [5.74, 6) is 0. The topological polar surface area (TPSA) is 24.9 Å². The first kappa shape index (κ1) is 13.2. The smallest absolute Gasteiger partial charge is 0.0737 e. The van der Waals surface area contributed by atoms with Gasteiger partial charge in [-0.15, -0.1) is 0 Å². The number of anilines is 1. The van der Waals surface area contributed by atoms with Crippen LogP contribution in [0.1, 0.15) is 33.1 Å². The Kier molecular flexibility index (Phi) is 4.43. The zero-order valence-electron chi connectivity index (χ0n) is 10.9. The molecule has 1 aromatic carbocycles. The number of rotatable bonds is 5. The highest BCUT2D eigenvalue weighted by Crippen LogP contribution is 2.25. The van der Waals surface area contributed by atoms with E-state index < -0.39 is 0 Å². The molecule has 0 fully saturated rings. The fourth-order valence-corrected chi connectivity index (χ4v) is 2.26. The Labute approximate surface area is 113 Å². The molecule has 0 saturated carbocycles. The maximum Gasteiger partial charge on any atom is 0.0737 e. The lowest BCUT2D eigenvalue weighted by molar-refractivity contribution is 0.645. The Balaban J connectivity index is 2.22. The van der Waals surface area contributed by atoms with Crippen LogP contribution in [0.5, 0.6) is 0 Å². The van der Waals surface area contributed by atoms with Gasteiger partial charge in [0, 0.05) is 28.3 Å². The van der Waals surface area contributed by atoms with Gasteiger partial charge in [0.25, 0.3) is 0 Å². The lowest BCUT2D eigenvalue weighted by atomic mass is 10.1. The van der Waals surface area contributed by atoms with Gasteiger partial charge in [0.2, 0.25) is 0 Å². The number of aromatic nitrogens is 1. The molecule has 1 atom stereocenters. The molecule has 2 nitrogen and oxygen atoms in total. The van der Waals surface area contributed by atoms with Gasteiger partial charge in [0.05, 0.1) is 5.52 Å². The van der Waals surface area contributed by atoms with Gasteiger partial charge in [0.1, 0.15) is 0 Å². The lowest BCUT2D eigenvalue weighted by Gasteiger charge is -2.16. The highest BCUT2D eigenvalue weighted by molar-refractivity contribution is 6.31. The highest BCUT2D eigenvalue weighted by atomic mass is 35.5. The van der Waals surface area contributed by atoms with E-state index in [0.717, 1.165) is 21.6 Å². The number of unbranched alkanes of at least 4 members (excludes halogenated alkanes) is 1. The number of hydrogen-bond donors (Lipinski definition) is 1. The van der Waals surface area contributed by atoms with Crippen LogP contribution in [-0.2, 0) is 0 Å². The Bertz CT molecular complexity index is 525. The van der Waals surface area contributed by atoms with E-state index in [9.17, 15) is 0 Å². The highest BCUT2D eigenvalue weighted by Gasteiger charge is 2.06. The van der Waals surface area contributed by atoms with E-state index in [1.165, 1.54) is 19.3 Å². The third-order valence-corrected chi connectivity index (χ3v) is 3.33. The first-order valence-electron chi connectivity index (χ1n) is 6.51. The minimum absolute atomic E-state index is 0.478. The van der Waals surface area contributed by atoms with Crippen molar-refractivity contribution in [3.63, 3.8) is 0 Å². The van der Waals surface area contributed by atoms with Gasteiger partial charge in [-0.3, -0.25) is 4.98 Å². The van der Waals surface area contributed by atoms with Gasteiger partial charge >= 0.3 is 0 Å². The van der Waals surface area contributed by atoms with Gasteiger partial charge < -0.3 is 5.32 Å². The Morgan fingerprint density at radius 2 is 2.17 bits per heavy atom. The van der Waals surface area contributed by atoms with Crippen molar-refractivity contribution >= 4 is 28.2 Å². The predicted octanol–water partition coefficient (Wildman–Crippen LogP) is 4.88. The molecule has 2 rings (SSSR count). The van der Waals surface area contributed by atoms with Crippen LogP contribution in [0.2, 0.25) is 5.02 Å². The summed E-state index contributed by atoms with van der Waals surface area (Å²) in [6, 6.07) is 8.34. The molecule has 0 radical (unpaired) electrons. The molecule has 0 aliphatic rings. The molecule has 0 amide bonds. The second-order valence-electron chi connectivity index (χ2n) is 4.71. The van der Waals surface area contributed by atoms with Crippen molar-refractivity contribution in [2.75, 3.05) is 5.32 Å². The number of halogens is 1. The quantitative estimate of drug-likeness (QED) is 0.831. The molecule has 3 heteroatoms. The van der Waals surface area contributed by atoms with Crippen LogP contribution in [0, 0.1) is 0 Å². The van der Waals surface area contributed by atoms with Gasteiger partial charge in [0.15, 0.2) is 0 Å². The largest absolute Gasteiger partial charge is 0.382 e. The fourth-order valence-electron chi connectivity index (χ4n) is 2.10. The normalized spacial score (nSPS) is 12.6. The third kappa shape index (κ3) is 3.14. The molecule has 0 saturated heterocycles. The van der Waals surface area contributed by atoms with E-state index in [2.05, 4.69) is 24.1 Å². The second-order valence-corrected chi connectivity index (χ2v) is 5.14. The summed E-state index contributed by atoms with van der Waals surface area (Å²) in [4.78, 5) is 4.35. The van der Waals surface area contributed by atoms with Crippen LogP contribution in [0.25, 0.3) is 10.9 Å². The first-order valence-corrected chi connectivity index (χ1v) is 6.89. The van der Waals surface area contributed by atoms with Crippen LogP contribution >= 0.6 is 11.6 Å². The Morgan fingerprint density at radius 1 is 1.33 bits per heavy atom. The molecule has 0 aliphatic heterocycles. The van der Waals surface area contributed by atoms with Gasteiger partial charge in [-0.2, -0.15) is 0 Å². The number of fused-ring (bicyclic) bond motifs is 1. The van der Waals surface area contributed by atoms with E-state index >= 15 is 0 Å². The summed E-state index contributed by atoms with van der Waals surface area (Å²) in [7, 11) is 0. The predicted molar refractivity (Wildman–Crippen MR) is 79.4 cm³/mol. The van der Waals surface area contributed by atoms with Crippen molar-refractivity contribution < 1.29 is 0 Å². The van der Waals surface area contributed by atoms with Crippen molar-refractivity contribution in [2.24, 2.45) is 0 Å². The average Bonchev–Trinajstić information content (AvgIpc) is 2.36. The second kappa shape index (κ2) is 6.05. The van der Waals surface area contributed by atoms with Gasteiger partial charge in [-0.25, -0.2) is 0 Å². The van der Waals surface area contributed by atoms with E-state index in [1.807, 2.05) is 30.5 Å². The maximum atomic E-state index is 5.98. The van der Waals surface area contributed by atoms with Crippen molar-refractivity contribution in [2.45, 2.75) is 39.2 Å². The summed E-state index contributed by atoms with van der Waals surface area (Å²) in [6.45, 7) is 4.44. The van der Waals surface area contributed by atoms with Crippen LogP contribution in [0.3, 0.4) is 0 Å². The summed E-state index contributed by atoms with van der Waals surface area (Å²) < 4.78 is 0. The van der Waals surface area contributed by atoms with Crippen molar-refractivity contribution in [1.29, 1.82) is 0 Å². The Morgan fingerprint density at radius 3 is 2.94 bits per heavy atom. The number of hydrogen-bond acceptors (Lipinski definition) is 2. The van der Waals surface area contributed by atoms with Crippen LogP contribution < -0.4 is 5.32 Å². The number of pyridine rings is 1. The summed E-state index contributed by atoms with van der Waals surface area (Å²) in [5.41, 5.74) is 2.08. The number of benzene rings is 1. The standard InChI is InChI=1S/C15H19ClN2/c1-3-4-5-11(2)18-14-8-9-17-15-10-12(16)6-7-13(14)15/h6-11H,3-5H2,1-2H3,(H,17,18). The third-order valence-electron chi connectivity index (χ3n) is 3.10. The van der Waals surface area contributed by atoms with E-state index in [0.29, 0.717) is 6.04 Å². The molecular weight excluding hydrogens is 244 g/mol. The monoisotopic (exact) mass is 262 g/mol. The SMILES string of the molecule is CCCCC(C)Nc1ccnc2cc(Cl)ccc12. The van der Waals surface area contributed by atoms with Crippen LogP contribution in [0.4, 0.5) is 5.69 Å².